The number of nitrogens with zero attached hydrogens (tertiary/aromatic N) is 3. The molecular weight excluding hydrogens is 287 g/mol. The molecule has 2 aromatic rings. The summed E-state index contributed by atoms with van der Waals surface area (Å²) in [6.45, 7) is 0. The van der Waals surface area contributed by atoms with Gasteiger partial charge in [-0.1, -0.05) is 6.07 Å². The smallest absolute Gasteiger partial charge is 0.393 e. The lowest BCUT2D eigenvalue weighted by atomic mass is 10.2. The maximum Gasteiger partial charge on any atom is 0.416 e. The van der Waals surface area contributed by atoms with Gasteiger partial charge in [0.2, 0.25) is 0 Å². The molecule has 0 saturated heterocycles. The maximum absolute atomic E-state index is 12.7. The van der Waals surface area contributed by atoms with E-state index in [0.717, 1.165) is 18.2 Å². The van der Waals surface area contributed by atoms with Crippen molar-refractivity contribution in [3.8, 4) is 11.8 Å². The Labute approximate surface area is 116 Å². The summed E-state index contributed by atoms with van der Waals surface area (Å²) in [5.74, 6) is -0.342. The van der Waals surface area contributed by atoms with Crippen LogP contribution in [0.1, 0.15) is 11.3 Å². The third-order valence-electron chi connectivity index (χ3n) is 2.71. The van der Waals surface area contributed by atoms with Crippen LogP contribution in [0.5, 0.6) is 0 Å². The van der Waals surface area contributed by atoms with Crippen LogP contribution in [0.2, 0.25) is 0 Å². The van der Waals surface area contributed by atoms with Gasteiger partial charge in [0.15, 0.2) is 5.69 Å². The van der Waals surface area contributed by atoms with Gasteiger partial charge in [-0.3, -0.25) is 0 Å². The lowest BCUT2D eigenvalue weighted by molar-refractivity contribution is -0.137. The second-order valence-corrected chi connectivity index (χ2v) is 4.04. The highest BCUT2D eigenvalue weighted by Crippen LogP contribution is 2.30. The molecule has 21 heavy (non-hydrogen) atoms. The monoisotopic (exact) mass is 295 g/mol. The fraction of sp³-hybridized carbons (Fsp3) is 0.0833. The highest BCUT2D eigenvalue weighted by Gasteiger charge is 2.30. The first-order chi connectivity index (χ1) is 9.75. The van der Waals surface area contributed by atoms with Gasteiger partial charge in [-0.05, 0) is 18.2 Å². The summed E-state index contributed by atoms with van der Waals surface area (Å²) < 4.78 is 38.8. The minimum absolute atomic E-state index is 0.143. The molecule has 1 aromatic heterocycles. The summed E-state index contributed by atoms with van der Waals surface area (Å²) in [4.78, 5) is 15.2. The molecule has 0 aliphatic heterocycles. The Kier molecular flexibility index (Phi) is 3.31. The van der Waals surface area contributed by atoms with E-state index >= 15 is 0 Å². The van der Waals surface area contributed by atoms with Crippen LogP contribution in [0.4, 0.5) is 24.7 Å². The van der Waals surface area contributed by atoms with E-state index in [1.807, 2.05) is 0 Å². The summed E-state index contributed by atoms with van der Waals surface area (Å²) in [7, 11) is 0. The number of rotatable bonds is 1. The van der Waals surface area contributed by atoms with E-state index in [1.165, 1.54) is 6.07 Å². The van der Waals surface area contributed by atoms with E-state index in [2.05, 4.69) is 4.98 Å². The van der Waals surface area contributed by atoms with Gasteiger partial charge in [0.1, 0.15) is 17.6 Å². The van der Waals surface area contributed by atoms with E-state index in [4.69, 9.17) is 16.7 Å². The molecule has 108 valence electrons. The first kappa shape index (κ1) is 14.4. The number of alkyl halides is 3. The molecule has 0 fully saturated rings. The zero-order valence-corrected chi connectivity index (χ0v) is 10.3. The number of nitrogens with two attached hydrogens (primary N) is 2. The Bertz CT molecular complexity index is 804. The van der Waals surface area contributed by atoms with Gasteiger partial charge in [-0.25, -0.2) is 9.36 Å². The molecule has 1 aromatic carbocycles. The van der Waals surface area contributed by atoms with Crippen molar-refractivity contribution in [1.82, 2.24) is 9.55 Å². The summed E-state index contributed by atoms with van der Waals surface area (Å²) >= 11 is 0. The predicted molar refractivity (Wildman–Crippen MR) is 68.4 cm³/mol. The topological polar surface area (TPSA) is 111 Å². The van der Waals surface area contributed by atoms with Crippen LogP contribution in [0.15, 0.2) is 29.1 Å². The average molecular weight is 295 g/mol. The van der Waals surface area contributed by atoms with Crippen LogP contribution in [-0.4, -0.2) is 9.55 Å². The third-order valence-corrected chi connectivity index (χ3v) is 2.71. The quantitative estimate of drug-likeness (QED) is 0.823. The van der Waals surface area contributed by atoms with Crippen molar-refractivity contribution in [2.45, 2.75) is 6.18 Å². The molecule has 1 heterocycles. The molecule has 0 spiro atoms. The van der Waals surface area contributed by atoms with Crippen LogP contribution in [0, 0.1) is 11.3 Å². The zero-order valence-electron chi connectivity index (χ0n) is 10.3. The van der Waals surface area contributed by atoms with Gasteiger partial charge >= 0.3 is 11.9 Å². The highest BCUT2D eigenvalue weighted by atomic mass is 19.4. The number of anilines is 2. The molecule has 0 radical (unpaired) electrons. The number of benzene rings is 1. The second kappa shape index (κ2) is 4.82. The normalized spacial score (nSPS) is 11.1. The molecule has 0 saturated carbocycles. The Balaban J connectivity index is 2.72. The Morgan fingerprint density at radius 3 is 2.52 bits per heavy atom. The fourth-order valence-electron chi connectivity index (χ4n) is 1.71. The van der Waals surface area contributed by atoms with Gasteiger partial charge in [0.05, 0.1) is 11.3 Å². The van der Waals surface area contributed by atoms with Gasteiger partial charge in [-0.2, -0.15) is 23.4 Å². The zero-order chi connectivity index (χ0) is 15.8. The number of nitriles is 1. The van der Waals surface area contributed by atoms with Crippen molar-refractivity contribution >= 4 is 11.5 Å². The molecule has 9 heteroatoms. The van der Waals surface area contributed by atoms with Crippen LogP contribution >= 0.6 is 0 Å². The molecule has 0 aliphatic carbocycles. The van der Waals surface area contributed by atoms with E-state index in [1.54, 1.807) is 6.07 Å². The molecule has 0 bridgehead atoms. The number of hydrogen-bond donors (Lipinski definition) is 2. The molecule has 0 aliphatic rings. The molecule has 4 N–H and O–H groups in total. The van der Waals surface area contributed by atoms with Crippen molar-refractivity contribution < 1.29 is 13.2 Å². The standard InChI is InChI=1S/C12H8F3N5O/c13-12(14,15)6-2-1-3-7(4-6)20-10(18)9(17)8(5-16)19-11(20)21/h1-4H,17-18H2. The minimum Gasteiger partial charge on any atom is -0.393 e. The summed E-state index contributed by atoms with van der Waals surface area (Å²) in [6, 6.07) is 5.55. The van der Waals surface area contributed by atoms with Gasteiger partial charge in [0.25, 0.3) is 0 Å². The maximum atomic E-state index is 12.7. The van der Waals surface area contributed by atoms with E-state index in [-0.39, 0.29) is 22.9 Å². The summed E-state index contributed by atoms with van der Waals surface area (Å²) in [5, 5.41) is 8.73. The Hall–Kier alpha value is -3.02. The molecule has 0 atom stereocenters. The fourth-order valence-corrected chi connectivity index (χ4v) is 1.71. The van der Waals surface area contributed by atoms with Crippen molar-refractivity contribution in [2.24, 2.45) is 0 Å². The summed E-state index contributed by atoms with van der Waals surface area (Å²) in [6.07, 6.45) is -4.57. The van der Waals surface area contributed by atoms with Crippen molar-refractivity contribution in [3.63, 3.8) is 0 Å². The Morgan fingerprint density at radius 1 is 1.29 bits per heavy atom. The second-order valence-electron chi connectivity index (χ2n) is 4.04. The lowest BCUT2D eigenvalue weighted by Gasteiger charge is -2.13. The third kappa shape index (κ3) is 2.51. The van der Waals surface area contributed by atoms with Crippen LogP contribution < -0.4 is 17.2 Å². The number of aromatic nitrogens is 2. The first-order valence-corrected chi connectivity index (χ1v) is 5.51. The number of nitrogen functional groups attached to an aromatic ring is 2. The van der Waals surface area contributed by atoms with Gasteiger partial charge in [-0.15, -0.1) is 0 Å². The van der Waals surface area contributed by atoms with E-state index < -0.39 is 17.4 Å². The van der Waals surface area contributed by atoms with Gasteiger partial charge < -0.3 is 11.5 Å². The largest absolute Gasteiger partial charge is 0.416 e. The minimum atomic E-state index is -4.57. The van der Waals surface area contributed by atoms with Crippen LogP contribution in [0.3, 0.4) is 0 Å². The summed E-state index contributed by atoms with van der Waals surface area (Å²) in [5.41, 5.74) is 8.42. The Morgan fingerprint density at radius 2 is 1.95 bits per heavy atom. The number of halogens is 3. The van der Waals surface area contributed by atoms with Crippen LogP contribution in [-0.2, 0) is 6.18 Å². The van der Waals surface area contributed by atoms with Gasteiger partial charge in [0, 0.05) is 0 Å². The molecule has 2 rings (SSSR count). The van der Waals surface area contributed by atoms with Crippen molar-refractivity contribution in [1.29, 1.82) is 5.26 Å². The molecule has 6 nitrogen and oxygen atoms in total. The lowest BCUT2D eigenvalue weighted by Crippen LogP contribution is -2.27. The SMILES string of the molecule is N#Cc1nc(=O)n(-c2cccc(C(F)(F)F)c2)c(N)c1N. The van der Waals surface area contributed by atoms with Crippen molar-refractivity contribution in [2.75, 3.05) is 11.5 Å². The van der Waals surface area contributed by atoms with E-state index in [0.29, 0.717) is 4.57 Å². The van der Waals surface area contributed by atoms with Crippen molar-refractivity contribution in [3.05, 3.63) is 46.0 Å². The highest BCUT2D eigenvalue weighted by molar-refractivity contribution is 5.67. The molecule has 0 amide bonds. The average Bonchev–Trinajstić information content (AvgIpc) is 2.42. The van der Waals surface area contributed by atoms with Crippen LogP contribution in [0.25, 0.3) is 5.69 Å². The molecule has 0 unspecified atom stereocenters. The predicted octanol–water partition coefficient (Wildman–Crippen LogP) is 1.29. The first-order valence-electron chi connectivity index (χ1n) is 5.51. The van der Waals surface area contributed by atoms with E-state index in [9.17, 15) is 18.0 Å². The molecular formula is C12H8F3N5O. The number of hydrogen-bond acceptors (Lipinski definition) is 5.